The summed E-state index contributed by atoms with van der Waals surface area (Å²) in [6.07, 6.45) is 5.15. The lowest BCUT2D eigenvalue weighted by molar-refractivity contribution is 0.622. The highest BCUT2D eigenvalue weighted by atomic mass is 19.1. The highest BCUT2D eigenvalue weighted by molar-refractivity contribution is 5.68. The topological polar surface area (TPSA) is 24.9 Å². The van der Waals surface area contributed by atoms with Crippen molar-refractivity contribution < 1.29 is 4.39 Å². The standard InChI is InChI=1S/C14H13FN2/c15-13-7-12(8-16-9-13)10-3-4-14-11(6-10)2-1-5-17-14/h3-4,6-9,17H,1-2,5H2. The van der Waals surface area contributed by atoms with Crippen molar-refractivity contribution in [3.05, 3.63) is 48.0 Å². The molecule has 0 unspecified atom stereocenters. The van der Waals surface area contributed by atoms with Gasteiger partial charge in [-0.1, -0.05) is 6.07 Å². The number of pyridine rings is 1. The fourth-order valence-corrected chi connectivity index (χ4v) is 2.22. The van der Waals surface area contributed by atoms with Gasteiger partial charge in [0.1, 0.15) is 5.82 Å². The summed E-state index contributed by atoms with van der Waals surface area (Å²) in [5.41, 5.74) is 4.36. The molecule has 3 rings (SSSR count). The Kier molecular flexibility index (Phi) is 2.52. The van der Waals surface area contributed by atoms with Gasteiger partial charge in [-0.3, -0.25) is 4.98 Å². The Bertz CT molecular complexity index is 552. The first kappa shape index (κ1) is 10.3. The van der Waals surface area contributed by atoms with Crippen molar-refractivity contribution in [1.82, 2.24) is 4.98 Å². The van der Waals surface area contributed by atoms with Crippen LogP contribution in [0.15, 0.2) is 36.7 Å². The predicted octanol–water partition coefficient (Wildman–Crippen LogP) is 3.25. The van der Waals surface area contributed by atoms with E-state index in [2.05, 4.69) is 22.4 Å². The zero-order valence-corrected chi connectivity index (χ0v) is 9.41. The van der Waals surface area contributed by atoms with Crippen molar-refractivity contribution in [2.75, 3.05) is 11.9 Å². The van der Waals surface area contributed by atoms with Crippen molar-refractivity contribution >= 4 is 5.69 Å². The Morgan fingerprint density at radius 2 is 2.06 bits per heavy atom. The zero-order valence-electron chi connectivity index (χ0n) is 9.41. The average Bonchev–Trinajstić information content (AvgIpc) is 2.38. The van der Waals surface area contributed by atoms with Gasteiger partial charge in [0, 0.05) is 24.0 Å². The first-order chi connectivity index (χ1) is 8.33. The molecule has 1 aromatic carbocycles. The number of hydrogen-bond acceptors (Lipinski definition) is 2. The number of nitrogens with one attached hydrogen (secondary N) is 1. The number of anilines is 1. The van der Waals surface area contributed by atoms with Crippen LogP contribution in [0.2, 0.25) is 0 Å². The summed E-state index contributed by atoms with van der Waals surface area (Å²) < 4.78 is 13.1. The van der Waals surface area contributed by atoms with Gasteiger partial charge < -0.3 is 5.32 Å². The molecule has 0 aliphatic carbocycles. The third-order valence-electron chi connectivity index (χ3n) is 3.08. The second-order valence-corrected chi connectivity index (χ2v) is 4.29. The van der Waals surface area contributed by atoms with Gasteiger partial charge in [0.15, 0.2) is 0 Å². The maximum absolute atomic E-state index is 13.1. The number of nitrogens with zero attached hydrogens (tertiary/aromatic N) is 1. The van der Waals surface area contributed by atoms with Gasteiger partial charge in [-0.05, 0) is 42.2 Å². The monoisotopic (exact) mass is 228 g/mol. The molecular weight excluding hydrogens is 215 g/mol. The number of aryl methyl sites for hydroxylation is 1. The summed E-state index contributed by atoms with van der Waals surface area (Å²) >= 11 is 0. The molecule has 2 nitrogen and oxygen atoms in total. The summed E-state index contributed by atoms with van der Waals surface area (Å²) in [4.78, 5) is 3.88. The van der Waals surface area contributed by atoms with Crippen molar-refractivity contribution in [2.45, 2.75) is 12.8 Å². The van der Waals surface area contributed by atoms with Crippen molar-refractivity contribution in [3.8, 4) is 11.1 Å². The Morgan fingerprint density at radius 3 is 2.94 bits per heavy atom. The number of halogens is 1. The molecular formula is C14H13FN2. The van der Waals surface area contributed by atoms with E-state index in [0.717, 1.165) is 30.5 Å². The zero-order chi connectivity index (χ0) is 11.7. The number of benzene rings is 1. The third kappa shape index (κ3) is 2.00. The molecule has 17 heavy (non-hydrogen) atoms. The Balaban J connectivity index is 2.04. The number of rotatable bonds is 1. The highest BCUT2D eigenvalue weighted by Gasteiger charge is 2.09. The summed E-state index contributed by atoms with van der Waals surface area (Å²) in [6.45, 7) is 1.04. The van der Waals surface area contributed by atoms with Crippen molar-refractivity contribution in [3.63, 3.8) is 0 Å². The second kappa shape index (κ2) is 4.17. The van der Waals surface area contributed by atoms with E-state index in [0.29, 0.717) is 0 Å². The lowest BCUT2D eigenvalue weighted by Gasteiger charge is -2.18. The molecule has 1 N–H and O–H groups in total. The minimum absolute atomic E-state index is 0.293. The SMILES string of the molecule is Fc1cncc(-c2ccc3c(c2)CCCN3)c1. The summed E-state index contributed by atoms with van der Waals surface area (Å²) in [6, 6.07) is 7.71. The summed E-state index contributed by atoms with van der Waals surface area (Å²) in [5, 5.41) is 3.36. The fraction of sp³-hybridized carbons (Fsp3) is 0.214. The maximum atomic E-state index is 13.1. The molecule has 2 heterocycles. The minimum Gasteiger partial charge on any atom is -0.385 e. The van der Waals surface area contributed by atoms with Crippen LogP contribution in [0.1, 0.15) is 12.0 Å². The number of aromatic nitrogens is 1. The normalized spacial score (nSPS) is 13.9. The third-order valence-corrected chi connectivity index (χ3v) is 3.08. The highest BCUT2D eigenvalue weighted by Crippen LogP contribution is 2.28. The van der Waals surface area contributed by atoms with E-state index in [1.54, 1.807) is 6.20 Å². The Labute approximate surface area is 99.5 Å². The van der Waals surface area contributed by atoms with E-state index < -0.39 is 0 Å². The molecule has 86 valence electrons. The molecule has 1 aliphatic rings. The molecule has 0 fully saturated rings. The average molecular weight is 228 g/mol. The van der Waals surface area contributed by atoms with Gasteiger partial charge in [0.25, 0.3) is 0 Å². The van der Waals surface area contributed by atoms with Gasteiger partial charge in [-0.25, -0.2) is 4.39 Å². The van der Waals surface area contributed by atoms with E-state index in [-0.39, 0.29) is 5.82 Å². The molecule has 0 spiro atoms. The van der Waals surface area contributed by atoms with Gasteiger partial charge in [-0.15, -0.1) is 0 Å². The largest absolute Gasteiger partial charge is 0.385 e. The quantitative estimate of drug-likeness (QED) is 0.810. The van der Waals surface area contributed by atoms with Gasteiger partial charge in [0.05, 0.1) is 6.20 Å². The number of fused-ring (bicyclic) bond motifs is 1. The summed E-state index contributed by atoms with van der Waals surface area (Å²) in [7, 11) is 0. The van der Waals surface area contributed by atoms with E-state index in [4.69, 9.17) is 0 Å². The van der Waals surface area contributed by atoms with Crippen LogP contribution in [0.3, 0.4) is 0 Å². The second-order valence-electron chi connectivity index (χ2n) is 4.29. The molecule has 2 aromatic rings. The van der Waals surface area contributed by atoms with E-state index in [1.165, 1.54) is 23.5 Å². The molecule has 1 aliphatic heterocycles. The van der Waals surface area contributed by atoms with Crippen LogP contribution in [0.4, 0.5) is 10.1 Å². The van der Waals surface area contributed by atoms with Crippen LogP contribution in [0.5, 0.6) is 0 Å². The fourth-order valence-electron chi connectivity index (χ4n) is 2.22. The molecule has 0 atom stereocenters. The smallest absolute Gasteiger partial charge is 0.142 e. The van der Waals surface area contributed by atoms with Crippen molar-refractivity contribution in [2.24, 2.45) is 0 Å². The molecule has 0 bridgehead atoms. The van der Waals surface area contributed by atoms with E-state index in [1.807, 2.05) is 6.07 Å². The first-order valence-electron chi connectivity index (χ1n) is 5.81. The predicted molar refractivity (Wildman–Crippen MR) is 66.4 cm³/mol. The van der Waals surface area contributed by atoms with Crippen LogP contribution < -0.4 is 5.32 Å². The van der Waals surface area contributed by atoms with Crippen LogP contribution in [0.25, 0.3) is 11.1 Å². The molecule has 0 amide bonds. The minimum atomic E-state index is -0.293. The lowest BCUT2D eigenvalue weighted by Crippen LogP contribution is -2.11. The van der Waals surface area contributed by atoms with Gasteiger partial charge >= 0.3 is 0 Å². The van der Waals surface area contributed by atoms with Gasteiger partial charge in [0.2, 0.25) is 0 Å². The molecule has 3 heteroatoms. The van der Waals surface area contributed by atoms with Crippen LogP contribution >= 0.6 is 0 Å². The van der Waals surface area contributed by atoms with Crippen LogP contribution in [0, 0.1) is 5.82 Å². The van der Waals surface area contributed by atoms with E-state index >= 15 is 0 Å². The summed E-state index contributed by atoms with van der Waals surface area (Å²) in [5.74, 6) is -0.293. The number of hydrogen-bond donors (Lipinski definition) is 1. The van der Waals surface area contributed by atoms with E-state index in [9.17, 15) is 4.39 Å². The van der Waals surface area contributed by atoms with Gasteiger partial charge in [-0.2, -0.15) is 0 Å². The molecule has 0 radical (unpaired) electrons. The van der Waals surface area contributed by atoms with Crippen molar-refractivity contribution in [1.29, 1.82) is 0 Å². The lowest BCUT2D eigenvalue weighted by atomic mass is 9.98. The Hall–Kier alpha value is -1.90. The maximum Gasteiger partial charge on any atom is 0.142 e. The van der Waals surface area contributed by atoms with Crippen LogP contribution in [-0.4, -0.2) is 11.5 Å². The first-order valence-corrected chi connectivity index (χ1v) is 5.81. The van der Waals surface area contributed by atoms with Crippen LogP contribution in [-0.2, 0) is 6.42 Å². The molecule has 1 aromatic heterocycles. The molecule has 0 saturated heterocycles. The molecule has 0 saturated carbocycles. The Morgan fingerprint density at radius 1 is 1.12 bits per heavy atom.